The van der Waals surface area contributed by atoms with Crippen molar-refractivity contribution in [3.8, 4) is 0 Å². The summed E-state index contributed by atoms with van der Waals surface area (Å²) in [5, 5.41) is 14.5. The van der Waals surface area contributed by atoms with Gasteiger partial charge in [0.05, 0.1) is 22.9 Å². The van der Waals surface area contributed by atoms with Gasteiger partial charge in [0.15, 0.2) is 0 Å². The largest absolute Gasteiger partial charge is 0.411 e. The van der Waals surface area contributed by atoms with E-state index in [2.05, 4.69) is 41.1 Å². The van der Waals surface area contributed by atoms with Gasteiger partial charge in [0.1, 0.15) is 0 Å². The highest BCUT2D eigenvalue weighted by Gasteiger charge is 2.11. The molecule has 0 radical (unpaired) electrons. The lowest BCUT2D eigenvalue weighted by Gasteiger charge is -2.11. The van der Waals surface area contributed by atoms with Crippen LogP contribution >= 0.6 is 11.8 Å². The van der Waals surface area contributed by atoms with Gasteiger partial charge in [-0.1, -0.05) is 37.2 Å². The molecule has 2 heterocycles. The number of hydrogen-bond donors (Lipinski definition) is 1. The van der Waals surface area contributed by atoms with E-state index in [9.17, 15) is 0 Å². The zero-order valence-electron chi connectivity index (χ0n) is 11.8. The first-order valence-corrected chi connectivity index (χ1v) is 7.59. The maximum atomic E-state index is 8.78. The predicted molar refractivity (Wildman–Crippen MR) is 87.4 cm³/mol. The molecule has 3 rings (SSSR count). The summed E-state index contributed by atoms with van der Waals surface area (Å²) in [7, 11) is 0. The summed E-state index contributed by atoms with van der Waals surface area (Å²) in [5.41, 5.74) is 2.34. The van der Waals surface area contributed by atoms with Gasteiger partial charge in [-0.05, 0) is 12.1 Å². The van der Waals surface area contributed by atoms with E-state index in [1.807, 2.05) is 18.2 Å². The van der Waals surface area contributed by atoms with Gasteiger partial charge < -0.3 is 5.21 Å². The molecule has 0 amide bonds. The second-order valence-corrected chi connectivity index (χ2v) is 6.61. The summed E-state index contributed by atoms with van der Waals surface area (Å²) < 4.78 is 0. The molecule has 21 heavy (non-hydrogen) atoms. The van der Waals surface area contributed by atoms with Crippen molar-refractivity contribution in [2.45, 2.75) is 24.0 Å². The Morgan fingerprint density at radius 2 is 2.10 bits per heavy atom. The minimum absolute atomic E-state index is 0.453. The standard InChI is InChI=1S/C16H15N3OS/c1-10(2)21-14-8-12(9-18-20)19-16-13(14)6-5-11-4-3-7-17-15(11)16/h3-10,20H,1-2H3/b18-9+. The number of pyridine rings is 2. The summed E-state index contributed by atoms with van der Waals surface area (Å²) in [6.07, 6.45) is 3.12. The van der Waals surface area contributed by atoms with E-state index in [0.717, 1.165) is 26.7 Å². The molecule has 0 saturated heterocycles. The van der Waals surface area contributed by atoms with Gasteiger partial charge in [0, 0.05) is 27.1 Å². The normalized spacial score (nSPS) is 12.0. The molecule has 2 aromatic heterocycles. The number of oxime groups is 1. The Balaban J connectivity index is 2.37. The molecule has 1 N–H and O–H groups in total. The Morgan fingerprint density at radius 1 is 1.24 bits per heavy atom. The molecule has 0 atom stereocenters. The highest BCUT2D eigenvalue weighted by molar-refractivity contribution is 8.00. The van der Waals surface area contributed by atoms with Crippen LogP contribution in [-0.2, 0) is 0 Å². The fraction of sp³-hybridized carbons (Fsp3) is 0.188. The van der Waals surface area contributed by atoms with Crippen molar-refractivity contribution in [1.29, 1.82) is 0 Å². The van der Waals surface area contributed by atoms with Crippen molar-refractivity contribution in [2.24, 2.45) is 5.16 Å². The fourth-order valence-corrected chi connectivity index (χ4v) is 3.28. The van der Waals surface area contributed by atoms with Gasteiger partial charge in [0.2, 0.25) is 0 Å². The number of benzene rings is 1. The van der Waals surface area contributed by atoms with Crippen LogP contribution < -0.4 is 0 Å². The number of nitrogens with zero attached hydrogens (tertiary/aromatic N) is 3. The number of thioether (sulfide) groups is 1. The van der Waals surface area contributed by atoms with Crippen LogP contribution in [0.25, 0.3) is 21.8 Å². The molecule has 0 fully saturated rings. The van der Waals surface area contributed by atoms with E-state index in [1.54, 1.807) is 18.0 Å². The third-order valence-electron chi connectivity index (χ3n) is 3.09. The van der Waals surface area contributed by atoms with Gasteiger partial charge in [-0.25, -0.2) is 4.98 Å². The van der Waals surface area contributed by atoms with Crippen LogP contribution in [0, 0.1) is 0 Å². The van der Waals surface area contributed by atoms with Gasteiger partial charge >= 0.3 is 0 Å². The van der Waals surface area contributed by atoms with E-state index >= 15 is 0 Å². The Hall–Kier alpha value is -2.14. The molecule has 0 unspecified atom stereocenters. The van der Waals surface area contributed by atoms with Crippen molar-refractivity contribution in [2.75, 3.05) is 0 Å². The summed E-state index contributed by atoms with van der Waals surface area (Å²) in [6, 6.07) is 10.0. The second kappa shape index (κ2) is 5.69. The molecule has 106 valence electrons. The second-order valence-electron chi connectivity index (χ2n) is 4.99. The third kappa shape index (κ3) is 2.69. The first kappa shape index (κ1) is 13.8. The first-order valence-electron chi connectivity index (χ1n) is 6.71. The maximum absolute atomic E-state index is 8.78. The quantitative estimate of drug-likeness (QED) is 0.260. The lowest BCUT2D eigenvalue weighted by molar-refractivity contribution is 0.321. The molecule has 3 aromatic rings. The average Bonchev–Trinajstić information content (AvgIpc) is 2.47. The Bertz CT molecular complexity index is 830. The molecule has 0 saturated carbocycles. The average molecular weight is 297 g/mol. The number of aromatic nitrogens is 2. The smallest absolute Gasteiger partial charge is 0.0983 e. The first-order chi connectivity index (χ1) is 10.2. The molecule has 0 aliphatic carbocycles. The van der Waals surface area contributed by atoms with E-state index in [0.29, 0.717) is 10.9 Å². The third-order valence-corrected chi connectivity index (χ3v) is 4.15. The molecule has 4 nitrogen and oxygen atoms in total. The van der Waals surface area contributed by atoms with Crippen molar-refractivity contribution in [1.82, 2.24) is 9.97 Å². The van der Waals surface area contributed by atoms with Gasteiger partial charge in [0.25, 0.3) is 0 Å². The highest BCUT2D eigenvalue weighted by Crippen LogP contribution is 2.33. The van der Waals surface area contributed by atoms with Crippen LogP contribution in [0.4, 0.5) is 0 Å². The van der Waals surface area contributed by atoms with Crippen molar-refractivity contribution < 1.29 is 5.21 Å². The minimum Gasteiger partial charge on any atom is -0.411 e. The Labute approximate surface area is 126 Å². The molecule has 5 heteroatoms. The van der Waals surface area contributed by atoms with Crippen LogP contribution in [0.2, 0.25) is 0 Å². The maximum Gasteiger partial charge on any atom is 0.0983 e. The predicted octanol–water partition coefficient (Wildman–Crippen LogP) is 4.09. The van der Waals surface area contributed by atoms with Crippen molar-refractivity contribution in [3.05, 3.63) is 42.2 Å². The molecule has 0 aliphatic heterocycles. The molecule has 1 aromatic carbocycles. The Morgan fingerprint density at radius 3 is 2.86 bits per heavy atom. The molecule has 0 bridgehead atoms. The Kier molecular flexibility index (Phi) is 3.75. The monoisotopic (exact) mass is 297 g/mol. The SMILES string of the molecule is CC(C)Sc1cc(/C=N/O)nc2c1ccc1cccnc12. The minimum atomic E-state index is 0.453. The number of hydrogen-bond acceptors (Lipinski definition) is 5. The zero-order valence-corrected chi connectivity index (χ0v) is 12.6. The van der Waals surface area contributed by atoms with Gasteiger partial charge in [-0.15, -0.1) is 11.8 Å². The van der Waals surface area contributed by atoms with Crippen LogP contribution in [0.5, 0.6) is 0 Å². The topological polar surface area (TPSA) is 58.4 Å². The molecule has 0 aliphatic rings. The lowest BCUT2D eigenvalue weighted by Crippen LogP contribution is -1.95. The van der Waals surface area contributed by atoms with Crippen LogP contribution in [-0.4, -0.2) is 26.6 Å². The van der Waals surface area contributed by atoms with Crippen LogP contribution in [0.15, 0.2) is 46.6 Å². The molecular formula is C16H15N3OS. The van der Waals surface area contributed by atoms with Crippen LogP contribution in [0.3, 0.4) is 0 Å². The van der Waals surface area contributed by atoms with E-state index < -0.39 is 0 Å². The van der Waals surface area contributed by atoms with E-state index in [1.165, 1.54) is 6.21 Å². The molecular weight excluding hydrogens is 282 g/mol. The summed E-state index contributed by atoms with van der Waals surface area (Å²) in [5.74, 6) is 0. The molecule has 0 spiro atoms. The fourth-order valence-electron chi connectivity index (χ4n) is 2.29. The lowest BCUT2D eigenvalue weighted by atomic mass is 10.1. The van der Waals surface area contributed by atoms with E-state index in [4.69, 9.17) is 5.21 Å². The summed E-state index contributed by atoms with van der Waals surface area (Å²) in [4.78, 5) is 10.2. The van der Waals surface area contributed by atoms with Gasteiger partial charge in [-0.3, -0.25) is 4.98 Å². The zero-order chi connectivity index (χ0) is 14.8. The number of fused-ring (bicyclic) bond motifs is 3. The van der Waals surface area contributed by atoms with Crippen molar-refractivity contribution >= 4 is 39.8 Å². The highest BCUT2D eigenvalue weighted by atomic mass is 32.2. The summed E-state index contributed by atoms with van der Waals surface area (Å²) >= 11 is 1.77. The van der Waals surface area contributed by atoms with Crippen LogP contribution in [0.1, 0.15) is 19.5 Å². The van der Waals surface area contributed by atoms with Gasteiger partial charge in [-0.2, -0.15) is 0 Å². The summed E-state index contributed by atoms with van der Waals surface area (Å²) in [6.45, 7) is 4.30. The van der Waals surface area contributed by atoms with E-state index in [-0.39, 0.29) is 0 Å². The number of rotatable bonds is 3. The van der Waals surface area contributed by atoms with Crippen molar-refractivity contribution in [3.63, 3.8) is 0 Å².